The number of carbonyl (C=O) groups is 1. The maximum Gasteiger partial charge on any atom is 0.336 e. The minimum Gasteiger partial charge on any atom is -0.501 e. The van der Waals surface area contributed by atoms with E-state index in [1.165, 1.54) is 0 Å². The minimum absolute atomic E-state index is 0.222. The quantitative estimate of drug-likeness (QED) is 0.655. The molecule has 3 rings (SSSR count). The zero-order valence-corrected chi connectivity index (χ0v) is 14.7. The van der Waals surface area contributed by atoms with E-state index >= 15 is 0 Å². The van der Waals surface area contributed by atoms with Gasteiger partial charge in [0.05, 0.1) is 43.3 Å². The lowest BCUT2D eigenvalue weighted by atomic mass is 10.1. The average molecular weight is 352 g/mol. The Labute approximate surface area is 151 Å². The Morgan fingerprint density at radius 1 is 1.23 bits per heavy atom. The molecule has 2 aromatic carbocycles. The second-order valence-electron chi connectivity index (χ2n) is 5.65. The Bertz CT molecular complexity index is 942. The maximum atomic E-state index is 11.6. The SMILES string of the molecule is CCO/C=C/c1c2c(C(=O)O)cccc2nn1Cc1ccc(OC)cc1. The van der Waals surface area contributed by atoms with Crippen LogP contribution in [0.15, 0.2) is 48.7 Å². The van der Waals surface area contributed by atoms with Crippen LogP contribution in [0.25, 0.3) is 17.0 Å². The molecule has 0 unspecified atom stereocenters. The summed E-state index contributed by atoms with van der Waals surface area (Å²) in [6, 6.07) is 12.8. The number of carboxylic acid groups (broad SMARTS) is 1. The molecule has 0 spiro atoms. The van der Waals surface area contributed by atoms with Crippen LogP contribution in [-0.2, 0) is 11.3 Å². The highest BCUT2D eigenvalue weighted by Gasteiger charge is 2.17. The van der Waals surface area contributed by atoms with Crippen LogP contribution in [0.5, 0.6) is 5.75 Å². The van der Waals surface area contributed by atoms with Gasteiger partial charge >= 0.3 is 5.97 Å². The molecule has 0 aliphatic heterocycles. The molecule has 6 nitrogen and oxygen atoms in total. The van der Waals surface area contributed by atoms with Crippen molar-refractivity contribution >= 4 is 22.9 Å². The fraction of sp³-hybridized carbons (Fsp3) is 0.200. The molecule has 0 aliphatic carbocycles. The number of nitrogens with zero attached hydrogens (tertiary/aromatic N) is 2. The van der Waals surface area contributed by atoms with E-state index in [0.29, 0.717) is 29.7 Å². The van der Waals surface area contributed by atoms with Crippen molar-refractivity contribution in [3.05, 3.63) is 65.5 Å². The predicted molar refractivity (Wildman–Crippen MR) is 99.4 cm³/mol. The van der Waals surface area contributed by atoms with Gasteiger partial charge in [0.1, 0.15) is 5.75 Å². The summed E-state index contributed by atoms with van der Waals surface area (Å²) in [5.41, 5.74) is 2.58. The van der Waals surface area contributed by atoms with Crippen molar-refractivity contribution < 1.29 is 19.4 Å². The van der Waals surface area contributed by atoms with Crippen molar-refractivity contribution in [1.29, 1.82) is 0 Å². The van der Waals surface area contributed by atoms with E-state index in [1.807, 2.05) is 37.3 Å². The molecule has 3 aromatic rings. The van der Waals surface area contributed by atoms with Crippen LogP contribution in [-0.4, -0.2) is 34.6 Å². The summed E-state index contributed by atoms with van der Waals surface area (Å²) in [5.74, 6) is -0.199. The van der Waals surface area contributed by atoms with E-state index in [0.717, 1.165) is 11.3 Å². The molecule has 26 heavy (non-hydrogen) atoms. The van der Waals surface area contributed by atoms with Gasteiger partial charge in [-0.05, 0) is 42.8 Å². The Kier molecular flexibility index (Phi) is 5.22. The van der Waals surface area contributed by atoms with Crippen LogP contribution in [0, 0.1) is 0 Å². The number of rotatable bonds is 7. The number of fused-ring (bicyclic) bond motifs is 1. The van der Waals surface area contributed by atoms with Gasteiger partial charge in [-0.3, -0.25) is 4.68 Å². The summed E-state index contributed by atoms with van der Waals surface area (Å²) >= 11 is 0. The fourth-order valence-electron chi connectivity index (χ4n) is 2.79. The lowest BCUT2D eigenvalue weighted by Crippen LogP contribution is -2.04. The first-order chi connectivity index (χ1) is 12.6. The number of hydrogen-bond acceptors (Lipinski definition) is 4. The van der Waals surface area contributed by atoms with E-state index in [-0.39, 0.29) is 5.56 Å². The normalized spacial score (nSPS) is 11.2. The van der Waals surface area contributed by atoms with Crippen molar-refractivity contribution in [2.75, 3.05) is 13.7 Å². The molecule has 0 radical (unpaired) electrons. The number of aromatic nitrogens is 2. The average Bonchev–Trinajstić information content (AvgIpc) is 2.99. The molecule has 0 aliphatic rings. The van der Waals surface area contributed by atoms with E-state index in [1.54, 1.807) is 36.3 Å². The summed E-state index contributed by atoms with van der Waals surface area (Å²) in [7, 11) is 1.62. The van der Waals surface area contributed by atoms with Gasteiger partial charge in [0.2, 0.25) is 0 Å². The third-order valence-corrected chi connectivity index (χ3v) is 4.02. The lowest BCUT2D eigenvalue weighted by Gasteiger charge is -2.07. The van der Waals surface area contributed by atoms with Crippen LogP contribution in [0.2, 0.25) is 0 Å². The van der Waals surface area contributed by atoms with Crippen LogP contribution in [0.4, 0.5) is 0 Å². The van der Waals surface area contributed by atoms with E-state index < -0.39 is 5.97 Å². The van der Waals surface area contributed by atoms with Gasteiger partial charge < -0.3 is 14.6 Å². The molecule has 6 heteroatoms. The molecule has 0 saturated heterocycles. The van der Waals surface area contributed by atoms with Gasteiger partial charge in [0, 0.05) is 5.39 Å². The molecule has 0 fully saturated rings. The summed E-state index contributed by atoms with van der Waals surface area (Å²) in [6.45, 7) is 2.93. The monoisotopic (exact) mass is 352 g/mol. The standard InChI is InChI=1S/C20H20N2O4/c1-3-26-12-11-18-19-16(20(23)24)5-4-6-17(19)21-22(18)13-14-7-9-15(25-2)10-8-14/h4-12H,3,13H2,1-2H3,(H,23,24)/b12-11+. The zero-order chi connectivity index (χ0) is 18.5. The number of benzene rings is 2. The highest BCUT2D eigenvalue weighted by Crippen LogP contribution is 2.25. The molecule has 1 N–H and O–H groups in total. The van der Waals surface area contributed by atoms with Crippen LogP contribution < -0.4 is 4.74 Å². The molecule has 1 aromatic heterocycles. The van der Waals surface area contributed by atoms with Gasteiger partial charge in [0.15, 0.2) is 0 Å². The molecular formula is C20H20N2O4. The highest BCUT2D eigenvalue weighted by atomic mass is 16.5. The highest BCUT2D eigenvalue weighted by molar-refractivity contribution is 6.05. The predicted octanol–water partition coefficient (Wildman–Crippen LogP) is 3.80. The second kappa shape index (κ2) is 7.74. The molecule has 134 valence electrons. The Balaban J connectivity index is 2.09. The minimum atomic E-state index is -0.981. The first-order valence-corrected chi connectivity index (χ1v) is 8.28. The van der Waals surface area contributed by atoms with Gasteiger partial charge in [-0.15, -0.1) is 0 Å². The number of methoxy groups -OCH3 is 1. The zero-order valence-electron chi connectivity index (χ0n) is 14.7. The Morgan fingerprint density at radius 3 is 2.65 bits per heavy atom. The van der Waals surface area contributed by atoms with Gasteiger partial charge in [-0.25, -0.2) is 4.79 Å². The topological polar surface area (TPSA) is 73.6 Å². The summed E-state index contributed by atoms with van der Waals surface area (Å²) < 4.78 is 12.3. The van der Waals surface area contributed by atoms with E-state index in [4.69, 9.17) is 9.47 Å². The van der Waals surface area contributed by atoms with E-state index in [2.05, 4.69) is 5.10 Å². The van der Waals surface area contributed by atoms with Gasteiger partial charge in [-0.2, -0.15) is 5.10 Å². The van der Waals surface area contributed by atoms with Crippen molar-refractivity contribution in [3.63, 3.8) is 0 Å². The summed E-state index contributed by atoms with van der Waals surface area (Å²) in [4.78, 5) is 11.6. The van der Waals surface area contributed by atoms with Crippen LogP contribution in [0.1, 0.15) is 28.5 Å². The van der Waals surface area contributed by atoms with Crippen LogP contribution in [0.3, 0.4) is 0 Å². The Hall–Kier alpha value is -3.28. The van der Waals surface area contributed by atoms with Gasteiger partial charge in [0.25, 0.3) is 0 Å². The molecular weight excluding hydrogens is 332 g/mol. The number of ether oxygens (including phenoxy) is 2. The molecule has 0 saturated carbocycles. The van der Waals surface area contributed by atoms with Crippen LogP contribution >= 0.6 is 0 Å². The largest absolute Gasteiger partial charge is 0.501 e. The maximum absolute atomic E-state index is 11.6. The summed E-state index contributed by atoms with van der Waals surface area (Å²) in [5, 5.41) is 14.7. The third kappa shape index (κ3) is 3.54. The van der Waals surface area contributed by atoms with Crippen molar-refractivity contribution in [2.45, 2.75) is 13.5 Å². The smallest absolute Gasteiger partial charge is 0.336 e. The molecule has 0 atom stereocenters. The molecule has 0 bridgehead atoms. The van der Waals surface area contributed by atoms with Gasteiger partial charge in [-0.1, -0.05) is 18.2 Å². The van der Waals surface area contributed by atoms with E-state index in [9.17, 15) is 9.90 Å². The first kappa shape index (κ1) is 17.5. The lowest BCUT2D eigenvalue weighted by molar-refractivity contribution is 0.0699. The fourth-order valence-corrected chi connectivity index (χ4v) is 2.79. The second-order valence-corrected chi connectivity index (χ2v) is 5.65. The summed E-state index contributed by atoms with van der Waals surface area (Å²) in [6.07, 6.45) is 3.33. The number of aromatic carboxylic acids is 1. The number of hydrogen-bond donors (Lipinski definition) is 1. The van der Waals surface area contributed by atoms with Crippen molar-refractivity contribution in [2.24, 2.45) is 0 Å². The van der Waals surface area contributed by atoms with Crippen molar-refractivity contribution in [3.8, 4) is 5.75 Å². The molecule has 0 amide bonds. The molecule has 1 heterocycles. The first-order valence-electron chi connectivity index (χ1n) is 8.28. The third-order valence-electron chi connectivity index (χ3n) is 4.02. The number of carboxylic acids is 1. The van der Waals surface area contributed by atoms with Crippen molar-refractivity contribution in [1.82, 2.24) is 9.78 Å². The Morgan fingerprint density at radius 2 is 2.00 bits per heavy atom.